The fourth-order valence-corrected chi connectivity index (χ4v) is 5.03. The molecule has 3 aliphatic rings. The van der Waals surface area contributed by atoms with Crippen molar-refractivity contribution in [2.24, 2.45) is 0 Å². The zero-order chi connectivity index (χ0) is 31.3. The maximum Gasteiger partial charge on any atom is 0.270 e. The number of aromatic hydroxyl groups is 5. The molecule has 43 heavy (non-hydrogen) atoms. The lowest BCUT2D eigenvalue weighted by Crippen LogP contribution is -2.60. The summed E-state index contributed by atoms with van der Waals surface area (Å²) in [6.07, 6.45) is -15.3. The fourth-order valence-electron chi connectivity index (χ4n) is 5.03. The minimum Gasteiger partial charge on any atom is -0.571 e. The van der Waals surface area contributed by atoms with Gasteiger partial charge in [-0.2, -0.15) is 0 Å². The Morgan fingerprint density at radius 3 is 1.98 bits per heavy atom. The van der Waals surface area contributed by atoms with Crippen molar-refractivity contribution in [2.75, 3.05) is 6.61 Å². The zero-order valence-electron chi connectivity index (χ0n) is 22.4. The molecule has 236 valence electrons. The average Bonchev–Trinajstić information content (AvgIpc) is 2.97. The Bertz CT molecular complexity index is 1340. The summed E-state index contributed by atoms with van der Waals surface area (Å²) in [5, 5.41) is 112. The summed E-state index contributed by atoms with van der Waals surface area (Å²) in [5.41, 5.74) is 0.176. The summed E-state index contributed by atoms with van der Waals surface area (Å²) in [5.74, 6) is -2.80. The van der Waals surface area contributed by atoms with E-state index in [9.17, 15) is 56.2 Å². The van der Waals surface area contributed by atoms with Crippen LogP contribution in [-0.4, -0.2) is 129 Å². The van der Waals surface area contributed by atoms with Crippen LogP contribution in [0.25, 0.3) is 6.08 Å². The summed E-state index contributed by atoms with van der Waals surface area (Å²) in [6.45, 7) is 0.723. The van der Waals surface area contributed by atoms with E-state index in [4.69, 9.17) is 18.9 Å². The van der Waals surface area contributed by atoms with Crippen molar-refractivity contribution >= 4 is 6.08 Å². The van der Waals surface area contributed by atoms with Crippen molar-refractivity contribution in [1.82, 2.24) is 0 Å². The topological polar surface area (TPSA) is 272 Å². The van der Waals surface area contributed by atoms with E-state index in [0.717, 1.165) is 18.2 Å². The first-order chi connectivity index (χ1) is 20.3. The maximum absolute atomic E-state index is 10.6. The number of aliphatic hydroxyl groups is 8. The maximum atomic E-state index is 10.6. The molecule has 2 saturated heterocycles. The number of aliphatic hydroxyl groups excluding tert-OH is 7. The Labute approximate surface area is 243 Å². The molecule has 16 heteroatoms. The first kappa shape index (κ1) is 30.9. The largest absolute Gasteiger partial charge is 0.571 e. The molecule has 2 aromatic rings. The van der Waals surface area contributed by atoms with E-state index >= 15 is 0 Å². The third-order valence-corrected chi connectivity index (χ3v) is 7.49. The van der Waals surface area contributed by atoms with Gasteiger partial charge in [0.1, 0.15) is 59.8 Å². The van der Waals surface area contributed by atoms with Gasteiger partial charge in [-0.25, -0.2) is 0 Å². The smallest absolute Gasteiger partial charge is 0.270 e. The highest BCUT2D eigenvalue weighted by molar-refractivity contribution is 5.70. The molecule has 0 saturated carbocycles. The molecule has 12 N–H and O–H groups in total. The molecule has 3 heterocycles. The van der Waals surface area contributed by atoms with Crippen LogP contribution in [0.4, 0.5) is 0 Å². The molecule has 0 bridgehead atoms. The summed E-state index contributed by atoms with van der Waals surface area (Å²) < 4.78 is 27.2. The van der Waals surface area contributed by atoms with E-state index in [1.54, 1.807) is 0 Å². The minimum atomic E-state index is -1.79. The van der Waals surface area contributed by atoms with Gasteiger partial charge in [-0.05, 0) is 19.1 Å². The molecule has 2 aromatic carbocycles. The predicted octanol–water partition coefficient (Wildman–Crippen LogP) is -2.13. The molecule has 0 aliphatic carbocycles. The minimum absolute atomic E-state index is 0.0536. The summed E-state index contributed by atoms with van der Waals surface area (Å²) in [6, 6.07) is 4.51. The first-order valence-corrected chi connectivity index (χ1v) is 13.2. The number of ether oxygens (including phenoxy) is 5. The van der Waals surface area contributed by atoms with Crippen molar-refractivity contribution in [2.45, 2.75) is 74.4 Å². The Kier molecular flexibility index (Phi) is 8.50. The van der Waals surface area contributed by atoms with Gasteiger partial charge in [0.2, 0.25) is 12.6 Å². The quantitative estimate of drug-likeness (QED) is 0.123. The highest BCUT2D eigenvalue weighted by atomic mass is 16.7. The number of benzene rings is 2. The molecule has 2 fully saturated rings. The number of hydrogen-bond donors (Lipinski definition) is 11. The van der Waals surface area contributed by atoms with E-state index in [-0.39, 0.29) is 34.1 Å². The monoisotopic (exact) mass is 613 g/mol. The number of phenolic OH excluding ortho intramolecular Hbond substituents is 4. The van der Waals surface area contributed by atoms with Crippen LogP contribution >= 0.6 is 0 Å². The van der Waals surface area contributed by atoms with Gasteiger partial charge in [-0.1, -0.05) is 0 Å². The molecule has 11 atom stereocenters. The normalized spacial score (nSPS) is 35.8. The van der Waals surface area contributed by atoms with Crippen molar-refractivity contribution in [3.8, 4) is 34.5 Å². The predicted molar refractivity (Wildman–Crippen MR) is 140 cm³/mol. The van der Waals surface area contributed by atoms with Crippen LogP contribution < -0.4 is 4.74 Å². The Morgan fingerprint density at radius 2 is 1.35 bits per heavy atom. The van der Waals surface area contributed by atoms with Crippen LogP contribution in [0, 0.1) is 0 Å². The van der Waals surface area contributed by atoms with Crippen molar-refractivity contribution in [3.05, 3.63) is 41.2 Å². The molecule has 3 aliphatic heterocycles. The summed E-state index contributed by atoms with van der Waals surface area (Å²) in [7, 11) is 0. The summed E-state index contributed by atoms with van der Waals surface area (Å²) >= 11 is 0. The zero-order valence-corrected chi connectivity index (χ0v) is 22.4. The van der Waals surface area contributed by atoms with Crippen LogP contribution in [0.3, 0.4) is 0 Å². The van der Waals surface area contributed by atoms with Crippen molar-refractivity contribution < 1.29 is 79.9 Å². The first-order valence-electron chi connectivity index (χ1n) is 13.2. The van der Waals surface area contributed by atoms with Gasteiger partial charge in [-0.15, -0.1) is 0 Å². The lowest BCUT2D eigenvalue weighted by Gasteiger charge is -2.40. The second-order valence-electron chi connectivity index (χ2n) is 10.5. The Balaban J connectivity index is 1.56. The second-order valence-corrected chi connectivity index (χ2v) is 10.5. The molecule has 0 amide bonds. The highest BCUT2D eigenvalue weighted by Crippen LogP contribution is 2.48. The van der Waals surface area contributed by atoms with Crippen LogP contribution in [0.2, 0.25) is 0 Å². The molecule has 0 aromatic heterocycles. The lowest BCUT2D eigenvalue weighted by molar-refractivity contribution is -0.287. The molecular weight excluding hydrogens is 580 g/mol. The van der Waals surface area contributed by atoms with Gasteiger partial charge in [0.15, 0.2) is 23.0 Å². The van der Waals surface area contributed by atoms with E-state index in [1.807, 2.05) is 0 Å². The third-order valence-electron chi connectivity index (χ3n) is 7.49. The number of fused-ring (bicyclic) bond motifs is 1. The van der Waals surface area contributed by atoms with Gasteiger partial charge in [0, 0.05) is 12.1 Å². The Morgan fingerprint density at radius 1 is 0.744 bits per heavy atom. The van der Waals surface area contributed by atoms with Crippen LogP contribution in [0.1, 0.15) is 24.2 Å². The SMILES string of the molecule is CC1OC(OC2=Cc3c(OC4OC(CO)C(O)C(O)C4O)cc(O)cc3[OH+]C2c2cc(O)c(O)c(O)c2)C(O)C(O)C1O. The van der Waals surface area contributed by atoms with Crippen LogP contribution in [-0.2, 0) is 14.2 Å². The van der Waals surface area contributed by atoms with E-state index < -0.39 is 91.4 Å². The summed E-state index contributed by atoms with van der Waals surface area (Å²) in [4.78, 5) is 0. The lowest BCUT2D eigenvalue weighted by atomic mass is 9.98. The van der Waals surface area contributed by atoms with Crippen LogP contribution in [0.15, 0.2) is 30.0 Å². The molecule has 0 spiro atoms. The van der Waals surface area contributed by atoms with Gasteiger partial charge in [0.25, 0.3) is 11.9 Å². The van der Waals surface area contributed by atoms with Gasteiger partial charge < -0.3 is 79.9 Å². The van der Waals surface area contributed by atoms with Gasteiger partial charge >= 0.3 is 0 Å². The number of hydrogen-bond acceptors (Lipinski definition) is 15. The third kappa shape index (κ3) is 5.72. The van der Waals surface area contributed by atoms with Crippen molar-refractivity contribution in [1.29, 1.82) is 0 Å². The molecule has 16 nitrogen and oxygen atoms in total. The van der Waals surface area contributed by atoms with E-state index in [2.05, 4.69) is 4.74 Å². The number of phenols is 4. The van der Waals surface area contributed by atoms with Crippen molar-refractivity contribution in [3.63, 3.8) is 0 Å². The van der Waals surface area contributed by atoms with Gasteiger partial charge in [0.05, 0.1) is 24.3 Å². The average molecular weight is 614 g/mol. The van der Waals surface area contributed by atoms with E-state index in [0.29, 0.717) is 0 Å². The van der Waals surface area contributed by atoms with Gasteiger partial charge in [-0.3, -0.25) is 0 Å². The molecule has 11 unspecified atom stereocenters. The van der Waals surface area contributed by atoms with E-state index in [1.165, 1.54) is 19.1 Å². The molecule has 0 radical (unpaired) electrons. The Hall–Kier alpha value is -3.58. The highest BCUT2D eigenvalue weighted by Gasteiger charge is 2.47. The second kappa shape index (κ2) is 11.8. The standard InChI is InChI=1S/C27H32O16/c1-8-18(32)21(35)23(37)26(39-8)42-16-6-11-14(40-25(16)9-2-12(30)19(33)13(31)3-9)4-10(29)5-15(11)41-27-24(38)22(36)20(34)17(7-28)43-27/h2-6,8,17-18,20-38H,7H2,1H3/p+1. The molecule has 5 rings (SSSR count). The van der Waals surface area contributed by atoms with Crippen LogP contribution in [0.5, 0.6) is 34.5 Å². The molecular formula is C27H33O16+. The fraction of sp³-hybridized carbons (Fsp3) is 0.481. The number of rotatable bonds is 6.